The van der Waals surface area contributed by atoms with Crippen molar-refractivity contribution < 1.29 is 18.0 Å². The van der Waals surface area contributed by atoms with Crippen LogP contribution >= 0.6 is 27.5 Å². The van der Waals surface area contributed by atoms with Crippen LogP contribution in [0.25, 0.3) is 0 Å². The van der Waals surface area contributed by atoms with E-state index in [0.717, 1.165) is 51.8 Å². The molecule has 1 saturated carbocycles. The number of carbonyl (C=O) groups is 2. The Labute approximate surface area is 227 Å². The predicted molar refractivity (Wildman–Crippen MR) is 148 cm³/mol. The number of halogens is 2. The fourth-order valence-electron chi connectivity index (χ4n) is 4.34. The van der Waals surface area contributed by atoms with Gasteiger partial charge in [0.05, 0.1) is 11.9 Å². The van der Waals surface area contributed by atoms with Gasteiger partial charge in [-0.3, -0.25) is 13.9 Å². The Morgan fingerprint density at radius 2 is 1.75 bits per heavy atom. The van der Waals surface area contributed by atoms with Crippen molar-refractivity contribution in [1.82, 2.24) is 10.2 Å². The zero-order chi connectivity index (χ0) is 26.5. The zero-order valence-corrected chi connectivity index (χ0v) is 24.0. The van der Waals surface area contributed by atoms with Crippen molar-refractivity contribution in [2.75, 3.05) is 17.1 Å². The first-order valence-electron chi connectivity index (χ1n) is 12.0. The summed E-state index contributed by atoms with van der Waals surface area (Å²) in [5.41, 5.74) is 2.01. The van der Waals surface area contributed by atoms with Crippen LogP contribution in [0.15, 0.2) is 46.9 Å². The maximum Gasteiger partial charge on any atom is 0.244 e. The van der Waals surface area contributed by atoms with Crippen molar-refractivity contribution in [2.45, 2.75) is 64.6 Å². The number of hydrogen-bond donors (Lipinski definition) is 1. The molecule has 1 aliphatic carbocycles. The quantitative estimate of drug-likeness (QED) is 0.438. The Morgan fingerprint density at radius 3 is 2.33 bits per heavy atom. The minimum Gasteiger partial charge on any atom is -0.352 e. The Balaban J connectivity index is 1.87. The summed E-state index contributed by atoms with van der Waals surface area (Å²) in [6, 6.07) is 11.4. The molecule has 196 valence electrons. The van der Waals surface area contributed by atoms with E-state index in [2.05, 4.69) is 21.2 Å². The lowest BCUT2D eigenvalue weighted by molar-refractivity contribution is -0.139. The largest absolute Gasteiger partial charge is 0.352 e. The van der Waals surface area contributed by atoms with E-state index in [1.807, 2.05) is 6.92 Å². The first kappa shape index (κ1) is 28.5. The van der Waals surface area contributed by atoms with Crippen LogP contribution in [-0.2, 0) is 26.2 Å². The molecule has 10 heteroatoms. The average molecular weight is 599 g/mol. The zero-order valence-electron chi connectivity index (χ0n) is 20.8. The molecule has 36 heavy (non-hydrogen) atoms. The van der Waals surface area contributed by atoms with Crippen molar-refractivity contribution >= 4 is 55.1 Å². The van der Waals surface area contributed by atoms with E-state index < -0.39 is 28.5 Å². The fraction of sp³-hybridized carbons (Fsp3) is 0.462. The third-order valence-corrected chi connectivity index (χ3v) is 8.78. The molecule has 1 aliphatic rings. The molecule has 0 heterocycles. The van der Waals surface area contributed by atoms with E-state index in [4.69, 9.17) is 11.6 Å². The topological polar surface area (TPSA) is 86.8 Å². The molecule has 0 bridgehead atoms. The second-order valence-electron chi connectivity index (χ2n) is 9.37. The van der Waals surface area contributed by atoms with Crippen LogP contribution in [0.2, 0.25) is 5.02 Å². The summed E-state index contributed by atoms with van der Waals surface area (Å²) < 4.78 is 27.3. The fourth-order valence-corrected chi connectivity index (χ4v) is 5.55. The highest BCUT2D eigenvalue weighted by Crippen LogP contribution is 2.25. The highest BCUT2D eigenvalue weighted by molar-refractivity contribution is 9.10. The van der Waals surface area contributed by atoms with Crippen LogP contribution in [0.3, 0.4) is 0 Å². The van der Waals surface area contributed by atoms with Crippen LogP contribution in [-0.4, -0.2) is 50.0 Å². The molecule has 0 spiro atoms. The van der Waals surface area contributed by atoms with Crippen molar-refractivity contribution in [1.29, 1.82) is 0 Å². The van der Waals surface area contributed by atoms with Crippen molar-refractivity contribution in [3.63, 3.8) is 0 Å². The van der Waals surface area contributed by atoms with Gasteiger partial charge in [0.15, 0.2) is 0 Å². The maximum absolute atomic E-state index is 13.6. The molecule has 7 nitrogen and oxygen atoms in total. The summed E-state index contributed by atoms with van der Waals surface area (Å²) in [5, 5.41) is 3.65. The highest BCUT2D eigenvalue weighted by Gasteiger charge is 2.31. The van der Waals surface area contributed by atoms with Crippen molar-refractivity contribution in [2.24, 2.45) is 0 Å². The van der Waals surface area contributed by atoms with E-state index in [1.54, 1.807) is 49.4 Å². The van der Waals surface area contributed by atoms with Gasteiger partial charge in [0, 0.05) is 22.1 Å². The van der Waals surface area contributed by atoms with E-state index in [9.17, 15) is 18.0 Å². The second kappa shape index (κ2) is 12.4. The molecule has 0 saturated heterocycles. The lowest BCUT2D eigenvalue weighted by atomic mass is 9.95. The molecule has 0 aliphatic heterocycles. The standard InChI is InChI=1S/C26H33BrClN3O4S/c1-18-15-23(13-14-24(18)27)31(36(3,34)35)17-25(32)30(16-20-9-11-21(28)12-10-20)19(2)26(33)29-22-7-5-4-6-8-22/h9-15,19,22H,4-8,16-17H2,1-3H3,(H,29,33). The summed E-state index contributed by atoms with van der Waals surface area (Å²) in [6.45, 7) is 3.25. The third kappa shape index (κ3) is 7.70. The van der Waals surface area contributed by atoms with Gasteiger partial charge in [-0.25, -0.2) is 8.42 Å². The van der Waals surface area contributed by atoms with Crippen molar-refractivity contribution in [3.05, 3.63) is 63.1 Å². The van der Waals surface area contributed by atoms with E-state index in [0.29, 0.717) is 10.7 Å². The van der Waals surface area contributed by atoms with Gasteiger partial charge in [0.25, 0.3) is 0 Å². The lowest BCUT2D eigenvalue weighted by Gasteiger charge is -2.33. The number of sulfonamides is 1. The van der Waals surface area contributed by atoms with Crippen LogP contribution in [0.5, 0.6) is 0 Å². The molecule has 2 aromatic rings. The number of rotatable bonds is 9. The van der Waals surface area contributed by atoms with Gasteiger partial charge < -0.3 is 10.2 Å². The summed E-state index contributed by atoms with van der Waals surface area (Å²) in [7, 11) is -3.77. The summed E-state index contributed by atoms with van der Waals surface area (Å²) in [6.07, 6.45) is 6.23. The van der Waals surface area contributed by atoms with Crippen molar-refractivity contribution in [3.8, 4) is 0 Å². The lowest BCUT2D eigenvalue weighted by Crippen LogP contribution is -2.52. The van der Waals surface area contributed by atoms with Gasteiger partial charge in [-0.15, -0.1) is 0 Å². The molecular formula is C26H33BrClN3O4S. The first-order chi connectivity index (χ1) is 17.0. The van der Waals surface area contributed by atoms with E-state index in [-0.39, 0.29) is 18.5 Å². The van der Waals surface area contributed by atoms with E-state index >= 15 is 0 Å². The Morgan fingerprint density at radius 1 is 1.11 bits per heavy atom. The predicted octanol–water partition coefficient (Wildman–Crippen LogP) is 5.04. The molecule has 3 rings (SSSR count). The SMILES string of the molecule is Cc1cc(N(CC(=O)N(Cc2ccc(Cl)cc2)C(C)C(=O)NC2CCCCC2)S(C)(=O)=O)ccc1Br. The molecule has 1 fully saturated rings. The van der Waals surface area contributed by atoms with E-state index in [1.165, 1.54) is 11.3 Å². The number of aryl methyl sites for hydroxylation is 1. The second-order valence-corrected chi connectivity index (χ2v) is 12.6. The molecule has 2 amide bonds. The van der Waals surface area contributed by atoms with Gasteiger partial charge in [0.2, 0.25) is 21.8 Å². The summed E-state index contributed by atoms with van der Waals surface area (Å²) >= 11 is 9.45. The summed E-state index contributed by atoms with van der Waals surface area (Å²) in [4.78, 5) is 28.2. The molecule has 2 aromatic carbocycles. The molecule has 1 N–H and O–H groups in total. The number of nitrogens with zero attached hydrogens (tertiary/aromatic N) is 2. The third-order valence-electron chi connectivity index (χ3n) is 6.49. The Hall–Kier alpha value is -2.10. The Bertz CT molecular complexity index is 1180. The minimum atomic E-state index is -3.77. The first-order valence-corrected chi connectivity index (χ1v) is 15.1. The maximum atomic E-state index is 13.6. The van der Waals surface area contributed by atoms with Gasteiger partial charge >= 0.3 is 0 Å². The van der Waals surface area contributed by atoms with Gasteiger partial charge in [-0.05, 0) is 68.1 Å². The Kier molecular flexibility index (Phi) is 9.83. The summed E-state index contributed by atoms with van der Waals surface area (Å²) in [5.74, 6) is -0.711. The molecule has 1 atom stereocenters. The molecule has 1 unspecified atom stereocenters. The number of carbonyl (C=O) groups excluding carboxylic acids is 2. The van der Waals surface area contributed by atoms with Gasteiger partial charge in [-0.1, -0.05) is 58.9 Å². The van der Waals surface area contributed by atoms with Crippen LogP contribution in [0.1, 0.15) is 50.2 Å². The number of nitrogens with one attached hydrogen (secondary N) is 1. The monoisotopic (exact) mass is 597 g/mol. The normalized spacial score (nSPS) is 15.2. The molecule has 0 aromatic heterocycles. The minimum absolute atomic E-state index is 0.0967. The van der Waals surface area contributed by atoms with Crippen LogP contribution in [0.4, 0.5) is 5.69 Å². The molecular weight excluding hydrogens is 566 g/mol. The number of benzene rings is 2. The van der Waals surface area contributed by atoms with Gasteiger partial charge in [-0.2, -0.15) is 0 Å². The number of hydrogen-bond acceptors (Lipinski definition) is 4. The molecule has 0 radical (unpaired) electrons. The smallest absolute Gasteiger partial charge is 0.244 e. The van der Waals surface area contributed by atoms with Crippen LogP contribution < -0.4 is 9.62 Å². The number of amides is 2. The van der Waals surface area contributed by atoms with Gasteiger partial charge in [0.1, 0.15) is 12.6 Å². The average Bonchev–Trinajstić information content (AvgIpc) is 2.83. The van der Waals surface area contributed by atoms with Crippen LogP contribution in [0, 0.1) is 6.92 Å². The number of anilines is 1. The highest BCUT2D eigenvalue weighted by atomic mass is 79.9.